The lowest BCUT2D eigenvalue weighted by Gasteiger charge is -2.19. The van der Waals surface area contributed by atoms with Crippen LogP contribution in [0.15, 0.2) is 24.3 Å². The molecule has 2 unspecified atom stereocenters. The van der Waals surface area contributed by atoms with Crippen molar-refractivity contribution in [1.82, 2.24) is 0 Å². The zero-order valence-corrected chi connectivity index (χ0v) is 9.36. The number of benzene rings is 1. The van der Waals surface area contributed by atoms with Crippen molar-refractivity contribution < 1.29 is 14.6 Å². The van der Waals surface area contributed by atoms with E-state index in [0.717, 1.165) is 0 Å². The summed E-state index contributed by atoms with van der Waals surface area (Å²) >= 11 is 5.90. The number of hydrogen-bond donors (Lipinski definition) is 1. The molecule has 0 fully saturated rings. The molecule has 3 nitrogen and oxygen atoms in total. The van der Waals surface area contributed by atoms with Crippen LogP contribution >= 0.6 is 11.6 Å². The van der Waals surface area contributed by atoms with Crippen LogP contribution in [0.3, 0.4) is 0 Å². The van der Waals surface area contributed by atoms with E-state index < -0.39 is 18.2 Å². The van der Waals surface area contributed by atoms with Crippen molar-refractivity contribution in [3.05, 3.63) is 34.9 Å². The van der Waals surface area contributed by atoms with Gasteiger partial charge in [0.1, 0.15) is 12.2 Å². The van der Waals surface area contributed by atoms with Crippen LogP contribution < -0.4 is 0 Å². The summed E-state index contributed by atoms with van der Waals surface area (Å²) in [5, 5.41) is 10.3. The van der Waals surface area contributed by atoms with Crippen molar-refractivity contribution in [2.24, 2.45) is 0 Å². The van der Waals surface area contributed by atoms with Gasteiger partial charge in [-0.15, -0.1) is 0 Å². The molecule has 1 rings (SSSR count). The summed E-state index contributed by atoms with van der Waals surface area (Å²) in [6.07, 6.45) is -1.51. The predicted octanol–water partition coefficient (Wildman–Crippen LogP) is 2.33. The molecule has 15 heavy (non-hydrogen) atoms. The Hall–Kier alpha value is -1.06. The Kier molecular flexibility index (Phi) is 4.12. The van der Waals surface area contributed by atoms with Crippen LogP contribution in [0.2, 0.25) is 5.02 Å². The molecular weight excluding hydrogens is 216 g/mol. The number of esters is 1. The second-order valence-electron chi connectivity index (χ2n) is 3.28. The van der Waals surface area contributed by atoms with Gasteiger partial charge >= 0.3 is 5.97 Å². The number of ether oxygens (including phenoxy) is 1. The van der Waals surface area contributed by atoms with Crippen LogP contribution in [0.25, 0.3) is 0 Å². The minimum absolute atomic E-state index is 0.423. The summed E-state index contributed by atoms with van der Waals surface area (Å²) in [6, 6.07) is 6.92. The van der Waals surface area contributed by atoms with Crippen molar-refractivity contribution >= 4 is 17.6 Å². The zero-order chi connectivity index (χ0) is 11.4. The number of aliphatic hydroxyl groups excluding tert-OH is 1. The molecule has 0 amide bonds. The number of hydrogen-bond acceptors (Lipinski definition) is 3. The predicted molar refractivity (Wildman–Crippen MR) is 57.6 cm³/mol. The van der Waals surface area contributed by atoms with Crippen LogP contribution in [0.4, 0.5) is 0 Å². The first-order valence-electron chi connectivity index (χ1n) is 4.62. The molecule has 0 aliphatic rings. The van der Waals surface area contributed by atoms with Crippen molar-refractivity contribution in [3.63, 3.8) is 0 Å². The molecule has 1 N–H and O–H groups in total. The smallest absolute Gasteiger partial charge is 0.302 e. The Morgan fingerprint density at radius 3 is 2.60 bits per heavy atom. The molecule has 2 atom stereocenters. The van der Waals surface area contributed by atoms with Gasteiger partial charge in [0.25, 0.3) is 0 Å². The minimum Gasteiger partial charge on any atom is -0.460 e. The first-order valence-corrected chi connectivity index (χ1v) is 5.00. The van der Waals surface area contributed by atoms with Gasteiger partial charge in [-0.2, -0.15) is 0 Å². The Morgan fingerprint density at radius 2 is 2.07 bits per heavy atom. The number of carbonyl (C=O) groups is 1. The van der Waals surface area contributed by atoms with E-state index in [-0.39, 0.29) is 0 Å². The molecule has 1 aromatic rings. The molecule has 1 aromatic carbocycles. The average molecular weight is 229 g/mol. The number of rotatable bonds is 3. The molecule has 0 aliphatic carbocycles. The van der Waals surface area contributed by atoms with Gasteiger partial charge in [-0.1, -0.05) is 29.8 Å². The molecule has 0 saturated heterocycles. The van der Waals surface area contributed by atoms with Crippen LogP contribution in [0.5, 0.6) is 0 Å². The molecule has 0 aliphatic heterocycles. The maximum absolute atomic E-state index is 10.7. The molecule has 0 bridgehead atoms. The molecular formula is C11H13ClO3. The van der Waals surface area contributed by atoms with E-state index in [1.54, 1.807) is 31.2 Å². The number of aliphatic hydroxyl groups is 1. The highest BCUT2D eigenvalue weighted by Gasteiger charge is 2.20. The van der Waals surface area contributed by atoms with E-state index in [9.17, 15) is 9.90 Å². The molecule has 0 saturated carbocycles. The van der Waals surface area contributed by atoms with Gasteiger partial charge in [-0.05, 0) is 13.0 Å². The molecule has 82 valence electrons. The fraction of sp³-hybridized carbons (Fsp3) is 0.364. The fourth-order valence-electron chi connectivity index (χ4n) is 1.29. The molecule has 0 spiro atoms. The van der Waals surface area contributed by atoms with Gasteiger partial charge in [0.15, 0.2) is 0 Å². The monoisotopic (exact) mass is 228 g/mol. The quantitative estimate of drug-likeness (QED) is 0.808. The Labute approximate surface area is 93.6 Å². The second kappa shape index (κ2) is 5.14. The van der Waals surface area contributed by atoms with Gasteiger partial charge in [0.2, 0.25) is 0 Å². The van der Waals surface area contributed by atoms with Crippen LogP contribution in [0.1, 0.15) is 25.5 Å². The van der Waals surface area contributed by atoms with Gasteiger partial charge in [-0.3, -0.25) is 4.79 Å². The summed E-state index contributed by atoms with van der Waals surface area (Å²) < 4.78 is 4.87. The van der Waals surface area contributed by atoms with E-state index in [4.69, 9.17) is 16.3 Å². The zero-order valence-electron chi connectivity index (χ0n) is 8.61. The SMILES string of the molecule is CC(=O)OC(C)C(O)c1ccccc1Cl. The van der Waals surface area contributed by atoms with Crippen LogP contribution in [-0.2, 0) is 9.53 Å². The van der Waals surface area contributed by atoms with Gasteiger partial charge < -0.3 is 9.84 Å². The Bertz CT molecular complexity index is 351. The maximum Gasteiger partial charge on any atom is 0.302 e. The lowest BCUT2D eigenvalue weighted by atomic mass is 10.1. The van der Waals surface area contributed by atoms with Crippen LogP contribution in [-0.4, -0.2) is 17.2 Å². The highest BCUT2D eigenvalue weighted by atomic mass is 35.5. The summed E-state index contributed by atoms with van der Waals surface area (Å²) in [6.45, 7) is 2.92. The summed E-state index contributed by atoms with van der Waals surface area (Å²) in [5.74, 6) is -0.423. The van der Waals surface area contributed by atoms with E-state index >= 15 is 0 Å². The van der Waals surface area contributed by atoms with Gasteiger partial charge in [-0.25, -0.2) is 0 Å². The third-order valence-corrected chi connectivity index (χ3v) is 2.36. The minimum atomic E-state index is -0.900. The van der Waals surface area contributed by atoms with E-state index in [0.29, 0.717) is 10.6 Å². The van der Waals surface area contributed by atoms with Crippen molar-refractivity contribution in [3.8, 4) is 0 Å². The summed E-state index contributed by atoms with van der Waals surface area (Å²) in [7, 11) is 0. The maximum atomic E-state index is 10.7. The normalized spacial score (nSPS) is 14.4. The van der Waals surface area contributed by atoms with E-state index in [1.807, 2.05) is 0 Å². The summed E-state index contributed by atoms with van der Waals surface area (Å²) in [5.41, 5.74) is 0.563. The largest absolute Gasteiger partial charge is 0.460 e. The van der Waals surface area contributed by atoms with E-state index in [1.165, 1.54) is 6.92 Å². The lowest BCUT2D eigenvalue weighted by molar-refractivity contribution is -0.151. The molecule has 0 heterocycles. The first kappa shape index (κ1) is 12.0. The molecule has 0 radical (unpaired) electrons. The van der Waals surface area contributed by atoms with Crippen molar-refractivity contribution in [2.75, 3.05) is 0 Å². The fourth-order valence-corrected chi connectivity index (χ4v) is 1.54. The Balaban J connectivity index is 2.80. The van der Waals surface area contributed by atoms with E-state index in [2.05, 4.69) is 0 Å². The topological polar surface area (TPSA) is 46.5 Å². The molecule has 0 aromatic heterocycles. The third-order valence-electron chi connectivity index (χ3n) is 2.02. The first-order chi connectivity index (χ1) is 7.02. The van der Waals surface area contributed by atoms with Gasteiger partial charge in [0.05, 0.1) is 0 Å². The van der Waals surface area contributed by atoms with Gasteiger partial charge in [0, 0.05) is 17.5 Å². The highest BCUT2D eigenvalue weighted by molar-refractivity contribution is 6.31. The second-order valence-corrected chi connectivity index (χ2v) is 3.69. The van der Waals surface area contributed by atoms with Crippen molar-refractivity contribution in [2.45, 2.75) is 26.1 Å². The number of halogens is 1. The Morgan fingerprint density at radius 1 is 1.47 bits per heavy atom. The standard InChI is InChI=1S/C11H13ClO3/c1-7(15-8(2)13)11(14)9-5-3-4-6-10(9)12/h3-7,11,14H,1-2H3. The van der Waals surface area contributed by atoms with Crippen molar-refractivity contribution in [1.29, 1.82) is 0 Å². The lowest BCUT2D eigenvalue weighted by Crippen LogP contribution is -2.21. The number of carbonyl (C=O) groups excluding carboxylic acids is 1. The average Bonchev–Trinajstić information content (AvgIpc) is 2.16. The summed E-state index contributed by atoms with van der Waals surface area (Å²) in [4.78, 5) is 10.7. The molecule has 4 heteroatoms. The third kappa shape index (κ3) is 3.22. The van der Waals surface area contributed by atoms with Crippen LogP contribution in [0, 0.1) is 0 Å². The highest BCUT2D eigenvalue weighted by Crippen LogP contribution is 2.26.